The van der Waals surface area contributed by atoms with Crippen LogP contribution in [0.5, 0.6) is 5.75 Å². The average molecular weight is 292 g/mol. The summed E-state index contributed by atoms with van der Waals surface area (Å²) in [5.41, 5.74) is 1.22. The smallest absolute Gasteiger partial charge is 0.255 e. The van der Waals surface area contributed by atoms with Crippen LogP contribution in [0, 0.1) is 0 Å². The van der Waals surface area contributed by atoms with Crippen molar-refractivity contribution in [2.45, 2.75) is 0 Å². The van der Waals surface area contributed by atoms with Crippen molar-refractivity contribution in [3.05, 3.63) is 58.6 Å². The van der Waals surface area contributed by atoms with Gasteiger partial charge < -0.3 is 10.4 Å². The molecule has 2 N–H and O–H groups in total. The molecule has 0 spiro atoms. The van der Waals surface area contributed by atoms with Crippen molar-refractivity contribution >= 4 is 27.5 Å². The second-order valence-corrected chi connectivity index (χ2v) is 4.43. The largest absolute Gasteiger partial charge is 0.508 e. The van der Waals surface area contributed by atoms with Crippen LogP contribution in [0.3, 0.4) is 0 Å². The lowest BCUT2D eigenvalue weighted by Gasteiger charge is -2.05. The fraction of sp³-hybridized carbons (Fsp3) is 0. The fourth-order valence-electron chi connectivity index (χ4n) is 1.38. The highest BCUT2D eigenvalue weighted by Crippen LogP contribution is 2.17. The maximum atomic E-state index is 11.8. The molecule has 2 aromatic carbocycles. The minimum Gasteiger partial charge on any atom is -0.508 e. The summed E-state index contributed by atoms with van der Waals surface area (Å²) >= 11 is 3.33. The Bertz CT molecular complexity index is 537. The number of phenolic OH excluding ortho intramolecular Hbond substituents is 1. The Morgan fingerprint density at radius 1 is 1.12 bits per heavy atom. The number of phenols is 1. The Morgan fingerprint density at radius 2 is 1.82 bits per heavy atom. The molecule has 17 heavy (non-hydrogen) atoms. The minimum absolute atomic E-state index is 0.143. The number of hydrogen-bond donors (Lipinski definition) is 2. The lowest BCUT2D eigenvalue weighted by Crippen LogP contribution is -2.11. The number of carbonyl (C=O) groups is 1. The second kappa shape index (κ2) is 5.01. The number of hydrogen-bond acceptors (Lipinski definition) is 2. The van der Waals surface area contributed by atoms with E-state index in [1.54, 1.807) is 12.1 Å². The third-order valence-electron chi connectivity index (χ3n) is 2.21. The van der Waals surface area contributed by atoms with Crippen LogP contribution in [-0.4, -0.2) is 11.0 Å². The number of rotatable bonds is 2. The molecule has 0 aliphatic carbocycles. The van der Waals surface area contributed by atoms with Crippen molar-refractivity contribution in [2.75, 3.05) is 5.32 Å². The maximum Gasteiger partial charge on any atom is 0.255 e. The summed E-state index contributed by atoms with van der Waals surface area (Å²) in [6, 6.07) is 13.5. The molecule has 0 unspecified atom stereocenters. The standard InChI is InChI=1S/C13H10BrNO2/c14-10-2-1-3-11(8-10)15-13(17)9-4-6-12(16)7-5-9/h1-8,16H,(H,15,17). The Hall–Kier alpha value is -1.81. The van der Waals surface area contributed by atoms with E-state index in [0.717, 1.165) is 10.2 Å². The van der Waals surface area contributed by atoms with Gasteiger partial charge in [0.2, 0.25) is 0 Å². The van der Waals surface area contributed by atoms with Crippen molar-refractivity contribution in [1.29, 1.82) is 0 Å². The zero-order valence-corrected chi connectivity index (χ0v) is 10.4. The molecule has 0 saturated heterocycles. The van der Waals surface area contributed by atoms with Crippen molar-refractivity contribution in [2.24, 2.45) is 0 Å². The van der Waals surface area contributed by atoms with Gasteiger partial charge in [-0.05, 0) is 42.5 Å². The highest BCUT2D eigenvalue weighted by atomic mass is 79.9. The molecule has 2 aromatic rings. The monoisotopic (exact) mass is 291 g/mol. The molecule has 0 heterocycles. The average Bonchev–Trinajstić information content (AvgIpc) is 2.29. The molecule has 0 aliphatic heterocycles. The number of halogens is 1. The van der Waals surface area contributed by atoms with Crippen LogP contribution < -0.4 is 5.32 Å². The van der Waals surface area contributed by atoms with Gasteiger partial charge in [-0.25, -0.2) is 0 Å². The maximum absolute atomic E-state index is 11.8. The molecule has 0 bridgehead atoms. The molecule has 4 heteroatoms. The number of benzene rings is 2. The molecule has 1 amide bonds. The van der Waals surface area contributed by atoms with Gasteiger partial charge in [0.25, 0.3) is 5.91 Å². The zero-order valence-electron chi connectivity index (χ0n) is 8.85. The predicted molar refractivity (Wildman–Crippen MR) is 70.2 cm³/mol. The van der Waals surface area contributed by atoms with Gasteiger partial charge in [0.05, 0.1) is 0 Å². The Morgan fingerprint density at radius 3 is 2.47 bits per heavy atom. The van der Waals surface area contributed by atoms with E-state index < -0.39 is 0 Å². The summed E-state index contributed by atoms with van der Waals surface area (Å²) in [6.45, 7) is 0. The first-order chi connectivity index (χ1) is 8.15. The Kier molecular flexibility index (Phi) is 3.44. The normalized spacial score (nSPS) is 9.94. The first-order valence-corrected chi connectivity index (χ1v) is 5.80. The van der Waals surface area contributed by atoms with Crippen LogP contribution in [0.4, 0.5) is 5.69 Å². The van der Waals surface area contributed by atoms with E-state index in [1.165, 1.54) is 12.1 Å². The van der Waals surface area contributed by atoms with Crippen molar-refractivity contribution in [1.82, 2.24) is 0 Å². The molecule has 0 atom stereocenters. The molecule has 0 radical (unpaired) electrons. The molecule has 0 aromatic heterocycles. The Balaban J connectivity index is 2.14. The lowest BCUT2D eigenvalue weighted by atomic mass is 10.2. The minimum atomic E-state index is -0.205. The van der Waals surface area contributed by atoms with E-state index in [1.807, 2.05) is 24.3 Å². The molecular weight excluding hydrogens is 282 g/mol. The van der Waals surface area contributed by atoms with Gasteiger partial charge in [0, 0.05) is 15.7 Å². The summed E-state index contributed by atoms with van der Waals surface area (Å²) in [5, 5.41) is 11.9. The summed E-state index contributed by atoms with van der Waals surface area (Å²) in [6.07, 6.45) is 0. The molecule has 0 aliphatic rings. The highest BCUT2D eigenvalue weighted by Gasteiger charge is 2.05. The molecule has 0 fully saturated rings. The van der Waals surface area contributed by atoms with Gasteiger partial charge in [-0.1, -0.05) is 22.0 Å². The van der Waals surface area contributed by atoms with E-state index >= 15 is 0 Å². The number of nitrogens with one attached hydrogen (secondary N) is 1. The van der Waals surface area contributed by atoms with Gasteiger partial charge in [0.15, 0.2) is 0 Å². The topological polar surface area (TPSA) is 49.3 Å². The van der Waals surface area contributed by atoms with Crippen LogP contribution in [-0.2, 0) is 0 Å². The molecule has 86 valence electrons. The summed E-state index contributed by atoms with van der Waals surface area (Å²) in [5.74, 6) is -0.0629. The van der Waals surface area contributed by atoms with Gasteiger partial charge >= 0.3 is 0 Å². The third-order valence-corrected chi connectivity index (χ3v) is 2.71. The third kappa shape index (κ3) is 3.07. The van der Waals surface area contributed by atoms with Gasteiger partial charge in [-0.3, -0.25) is 4.79 Å². The second-order valence-electron chi connectivity index (χ2n) is 3.51. The van der Waals surface area contributed by atoms with Crippen LogP contribution >= 0.6 is 15.9 Å². The Labute approximate surface area is 107 Å². The van der Waals surface area contributed by atoms with Gasteiger partial charge in [-0.2, -0.15) is 0 Å². The van der Waals surface area contributed by atoms with E-state index in [2.05, 4.69) is 21.2 Å². The van der Waals surface area contributed by atoms with Crippen LogP contribution in [0.15, 0.2) is 53.0 Å². The fourth-order valence-corrected chi connectivity index (χ4v) is 1.78. The molecule has 2 rings (SSSR count). The van der Waals surface area contributed by atoms with Crippen LogP contribution in [0.1, 0.15) is 10.4 Å². The zero-order chi connectivity index (χ0) is 12.3. The quantitative estimate of drug-likeness (QED) is 0.891. The lowest BCUT2D eigenvalue weighted by molar-refractivity contribution is 0.102. The van der Waals surface area contributed by atoms with E-state index in [-0.39, 0.29) is 11.7 Å². The summed E-state index contributed by atoms with van der Waals surface area (Å²) in [7, 11) is 0. The van der Waals surface area contributed by atoms with Crippen molar-refractivity contribution < 1.29 is 9.90 Å². The molecule has 3 nitrogen and oxygen atoms in total. The van der Waals surface area contributed by atoms with E-state index in [9.17, 15) is 4.79 Å². The van der Waals surface area contributed by atoms with E-state index in [0.29, 0.717) is 5.56 Å². The summed E-state index contributed by atoms with van der Waals surface area (Å²) in [4.78, 5) is 11.8. The van der Waals surface area contributed by atoms with Crippen LogP contribution in [0.2, 0.25) is 0 Å². The SMILES string of the molecule is O=C(Nc1cccc(Br)c1)c1ccc(O)cc1. The van der Waals surface area contributed by atoms with Gasteiger partial charge in [0.1, 0.15) is 5.75 Å². The van der Waals surface area contributed by atoms with Gasteiger partial charge in [-0.15, -0.1) is 0 Å². The molecular formula is C13H10BrNO2. The number of amides is 1. The van der Waals surface area contributed by atoms with E-state index in [4.69, 9.17) is 5.11 Å². The number of anilines is 1. The predicted octanol–water partition coefficient (Wildman–Crippen LogP) is 3.41. The number of aromatic hydroxyl groups is 1. The first-order valence-electron chi connectivity index (χ1n) is 5.01. The number of carbonyl (C=O) groups excluding carboxylic acids is 1. The first kappa shape index (κ1) is 11.7. The van der Waals surface area contributed by atoms with Crippen molar-refractivity contribution in [3.8, 4) is 5.75 Å². The molecule has 0 saturated carbocycles. The van der Waals surface area contributed by atoms with Crippen molar-refractivity contribution in [3.63, 3.8) is 0 Å². The highest BCUT2D eigenvalue weighted by molar-refractivity contribution is 9.10. The van der Waals surface area contributed by atoms with Crippen LogP contribution in [0.25, 0.3) is 0 Å². The summed E-state index contributed by atoms with van der Waals surface area (Å²) < 4.78 is 0.904.